The number of hydrogen-bond acceptors (Lipinski definition) is 2. The third-order valence-corrected chi connectivity index (χ3v) is 0. The summed E-state index contributed by atoms with van der Waals surface area (Å²) in [5.74, 6) is 0. The summed E-state index contributed by atoms with van der Waals surface area (Å²) in [6.45, 7) is 0. The molecule has 0 aromatic heterocycles. The van der Waals surface area contributed by atoms with Crippen LogP contribution in [0, 0.1) is 38.2 Å². The van der Waals surface area contributed by atoms with Crippen molar-refractivity contribution in [2.75, 3.05) is 6.26 Å². The molecule has 0 aromatic carbocycles. The predicted molar refractivity (Wildman–Crippen MR) is 20.0 cm³/mol. The Morgan fingerprint density at radius 2 is 1.43 bits per heavy atom. The molecule has 3 nitrogen and oxygen atoms in total. The fraction of sp³-hybridized carbons (Fsp3) is 1.00. The van der Waals surface area contributed by atoms with E-state index in [-0.39, 0.29) is 42.9 Å². The minimum Gasteiger partial charge on any atom is -0.286 e. The minimum absolute atomic E-state index is 0. The first-order valence-electron chi connectivity index (χ1n) is 0.924. The van der Waals surface area contributed by atoms with Crippen LogP contribution in [0.2, 0.25) is 0 Å². The second-order valence-corrected chi connectivity index (χ2v) is 2.20. The fourth-order valence-electron chi connectivity index (χ4n) is 0. The van der Waals surface area contributed by atoms with Crippen molar-refractivity contribution in [2.45, 2.75) is 0 Å². The second kappa shape index (κ2) is 5.25. The van der Waals surface area contributed by atoms with Crippen LogP contribution in [0.5, 0.6) is 0 Å². The molecule has 0 aliphatic rings. The number of halogens is 1. The Morgan fingerprint density at radius 3 is 1.43 bits per heavy atom. The van der Waals surface area contributed by atoms with Gasteiger partial charge in [0.25, 0.3) is 10.1 Å². The van der Waals surface area contributed by atoms with E-state index < -0.39 is 10.1 Å². The Bertz CT molecular complexity index is 98.1. The van der Waals surface area contributed by atoms with Crippen molar-refractivity contribution in [1.29, 1.82) is 0 Å². The van der Waals surface area contributed by atoms with E-state index in [1.54, 1.807) is 0 Å². The molecule has 0 amide bonds. The summed E-state index contributed by atoms with van der Waals surface area (Å²) in [5, 5.41) is 0. The summed E-state index contributed by atoms with van der Waals surface area (Å²) in [6, 6.07) is 0. The Labute approximate surface area is 71.6 Å². The van der Waals surface area contributed by atoms with E-state index in [1.165, 1.54) is 0 Å². The van der Waals surface area contributed by atoms with E-state index in [2.05, 4.69) is 0 Å². The van der Waals surface area contributed by atoms with Gasteiger partial charge in [-0.2, -0.15) is 8.42 Å². The first-order valence-corrected chi connectivity index (χ1v) is 2.77. The summed E-state index contributed by atoms with van der Waals surface area (Å²) in [7, 11) is -3.67. The van der Waals surface area contributed by atoms with Gasteiger partial charge in [0.15, 0.2) is 0 Å². The maximum Gasteiger partial charge on any atom is 0.261 e. The van der Waals surface area contributed by atoms with Gasteiger partial charge in [-0.05, 0) is 0 Å². The Morgan fingerprint density at radius 1 is 1.43 bits per heavy atom. The fourth-order valence-corrected chi connectivity index (χ4v) is 0. The molecule has 0 aliphatic carbocycles. The monoisotopic (exact) mass is 280 g/mol. The van der Waals surface area contributed by atoms with Crippen LogP contribution in [0.3, 0.4) is 0 Å². The predicted octanol–water partition coefficient (Wildman–Crippen LogP) is -0.343. The largest absolute Gasteiger partial charge is 0.286 e. The molecule has 0 radical (unpaired) electrons. The van der Waals surface area contributed by atoms with Gasteiger partial charge in [-0.1, -0.05) is 0 Å². The quantitative estimate of drug-likeness (QED) is 0.617. The van der Waals surface area contributed by atoms with Gasteiger partial charge in [0.2, 0.25) is 0 Å². The maximum atomic E-state index is 9.19. The first-order chi connectivity index (χ1) is 2.00. The molecular weight excluding hydrogens is 274 g/mol. The third kappa shape index (κ3) is 150. The van der Waals surface area contributed by atoms with Crippen molar-refractivity contribution in [1.82, 2.24) is 0 Å². The molecule has 0 fully saturated rings. The van der Waals surface area contributed by atoms with Gasteiger partial charge in [0.1, 0.15) is 0 Å². The smallest absolute Gasteiger partial charge is 0.261 e. The van der Waals surface area contributed by atoms with Gasteiger partial charge in [0, 0.05) is 38.2 Å². The van der Waals surface area contributed by atoms with E-state index in [4.69, 9.17) is 4.55 Å². The summed E-state index contributed by atoms with van der Waals surface area (Å²) in [5.41, 5.74) is 0. The van der Waals surface area contributed by atoms with Crippen molar-refractivity contribution < 1.29 is 55.8 Å². The molecule has 0 spiro atoms. The van der Waals surface area contributed by atoms with Gasteiger partial charge in [0.05, 0.1) is 6.26 Å². The van der Waals surface area contributed by atoms with Crippen LogP contribution in [-0.4, -0.2) is 19.2 Å². The SMILES string of the molecule is CS(=O)(=O)O.F.[Dy]. The third-order valence-electron chi connectivity index (χ3n) is 0. The molecule has 0 atom stereocenters. The first kappa shape index (κ1) is 15.7. The summed E-state index contributed by atoms with van der Waals surface area (Å²) >= 11 is 0. The maximum absolute atomic E-state index is 9.19. The molecule has 0 bridgehead atoms. The normalized spacial score (nSPS) is 8.29. The molecule has 0 heterocycles. The van der Waals surface area contributed by atoms with Crippen LogP contribution in [0.1, 0.15) is 0 Å². The molecule has 0 aromatic rings. The van der Waals surface area contributed by atoms with E-state index in [1.807, 2.05) is 0 Å². The van der Waals surface area contributed by atoms with Gasteiger partial charge in [-0.25, -0.2) is 0 Å². The average molecular weight is 279 g/mol. The number of rotatable bonds is 0. The van der Waals surface area contributed by atoms with Gasteiger partial charge in [-0.3, -0.25) is 9.26 Å². The Kier molecular flexibility index (Phi) is 11.8. The van der Waals surface area contributed by atoms with Crippen LogP contribution in [0.15, 0.2) is 0 Å². The van der Waals surface area contributed by atoms with E-state index >= 15 is 0 Å². The van der Waals surface area contributed by atoms with Crippen LogP contribution in [-0.2, 0) is 10.1 Å². The Hall–Kier alpha value is 1.11. The van der Waals surface area contributed by atoms with Crippen LogP contribution >= 0.6 is 0 Å². The van der Waals surface area contributed by atoms with Crippen molar-refractivity contribution in [3.63, 3.8) is 0 Å². The van der Waals surface area contributed by atoms with Gasteiger partial charge in [-0.15, -0.1) is 0 Å². The molecule has 0 saturated carbocycles. The van der Waals surface area contributed by atoms with Crippen molar-refractivity contribution >= 4 is 10.1 Å². The van der Waals surface area contributed by atoms with Crippen LogP contribution < -0.4 is 0 Å². The van der Waals surface area contributed by atoms with Gasteiger partial charge >= 0.3 is 0 Å². The van der Waals surface area contributed by atoms with Crippen LogP contribution in [0.25, 0.3) is 0 Å². The molecule has 6 heteroatoms. The van der Waals surface area contributed by atoms with Crippen molar-refractivity contribution in [3.05, 3.63) is 0 Å². The zero-order valence-electron chi connectivity index (χ0n) is 3.40. The van der Waals surface area contributed by atoms with E-state index in [0.717, 1.165) is 0 Å². The van der Waals surface area contributed by atoms with E-state index in [9.17, 15) is 8.42 Å². The molecule has 0 saturated heterocycles. The van der Waals surface area contributed by atoms with Crippen molar-refractivity contribution in [2.24, 2.45) is 0 Å². The second-order valence-electron chi connectivity index (χ2n) is 0.733. The molecule has 0 aliphatic heterocycles. The van der Waals surface area contributed by atoms with Gasteiger partial charge < -0.3 is 0 Å². The molecule has 0 unspecified atom stereocenters. The van der Waals surface area contributed by atoms with E-state index in [0.29, 0.717) is 6.26 Å². The van der Waals surface area contributed by atoms with Crippen LogP contribution in [0.4, 0.5) is 4.70 Å². The molecule has 1 N–H and O–H groups in total. The Balaban J connectivity index is -0.0000000800. The molecular formula is CH5DyFO3S. The van der Waals surface area contributed by atoms with Crippen molar-refractivity contribution in [3.8, 4) is 0 Å². The molecule has 50 valence electrons. The number of hydrogen-bond donors (Lipinski definition) is 1. The summed E-state index contributed by atoms with van der Waals surface area (Å²) in [4.78, 5) is 0. The topological polar surface area (TPSA) is 54.4 Å². The summed E-state index contributed by atoms with van der Waals surface area (Å²) < 4.78 is 25.9. The average Bonchev–Trinajstić information content (AvgIpc) is 0.722. The zero-order chi connectivity index (χ0) is 4.50. The molecule has 0 rings (SSSR count). The molecule has 7 heavy (non-hydrogen) atoms. The standard InChI is InChI=1S/CH4O3S.Dy.FH/c1-5(2,3)4;;/h1H3,(H,2,3,4);;1H. The zero-order valence-corrected chi connectivity index (χ0v) is 6.24. The summed E-state index contributed by atoms with van der Waals surface area (Å²) in [6.07, 6.45) is 0.715. The minimum atomic E-state index is -3.67.